The maximum absolute atomic E-state index is 13.2. The average Bonchev–Trinajstić information content (AvgIpc) is 3.39. The van der Waals surface area contributed by atoms with Crippen molar-refractivity contribution in [2.24, 2.45) is 0 Å². The molecule has 1 aliphatic rings. The molecule has 1 aromatic carbocycles. The standard InChI is InChI=1S/C22H19AsF3N5O2S/c1-32-18-9-12(2-3-17(18)33-14-4-6-27-7-5-14)20-30-31-11-16(29-21(31)34-20)13-8-15(22(24,25)26)19(23)28-10-13/h2-3,8-11,14,27H,4-7H2,1H3. The number of fused-ring (bicyclic) bond motifs is 1. The molecule has 5 rings (SSSR count). The molecule has 176 valence electrons. The van der Waals surface area contributed by atoms with E-state index in [9.17, 15) is 13.2 Å². The van der Waals surface area contributed by atoms with Gasteiger partial charge in [0, 0.05) is 0 Å². The predicted molar refractivity (Wildman–Crippen MR) is 123 cm³/mol. The molecule has 12 heteroatoms. The van der Waals surface area contributed by atoms with Crippen LogP contribution in [-0.2, 0) is 6.18 Å². The Morgan fingerprint density at radius 1 is 1.15 bits per heavy atom. The summed E-state index contributed by atoms with van der Waals surface area (Å²) in [5, 5.41) is 8.58. The third-order valence-corrected chi connectivity index (χ3v) is 7.22. The van der Waals surface area contributed by atoms with E-state index in [1.54, 1.807) is 17.8 Å². The molecule has 3 aromatic heterocycles. The van der Waals surface area contributed by atoms with Gasteiger partial charge in [-0.1, -0.05) is 0 Å². The Balaban J connectivity index is 1.41. The van der Waals surface area contributed by atoms with E-state index >= 15 is 0 Å². The summed E-state index contributed by atoms with van der Waals surface area (Å²) in [5.74, 6) is 1.31. The van der Waals surface area contributed by atoms with Crippen molar-refractivity contribution in [3.05, 3.63) is 42.2 Å². The van der Waals surface area contributed by atoms with Gasteiger partial charge >= 0.3 is 146 Å². The summed E-state index contributed by atoms with van der Waals surface area (Å²) < 4.78 is 52.8. The molecule has 0 unspecified atom stereocenters. The number of hydrogen-bond donors (Lipinski definition) is 1. The number of aromatic nitrogens is 4. The number of halogens is 3. The van der Waals surface area contributed by atoms with Crippen LogP contribution in [0.2, 0.25) is 0 Å². The van der Waals surface area contributed by atoms with Crippen LogP contribution in [0.3, 0.4) is 0 Å². The van der Waals surface area contributed by atoms with Crippen molar-refractivity contribution in [1.29, 1.82) is 0 Å². The second-order valence-corrected chi connectivity index (χ2v) is 9.63. The molecule has 4 heterocycles. The molecule has 1 fully saturated rings. The number of hydrogen-bond acceptors (Lipinski definition) is 7. The summed E-state index contributed by atoms with van der Waals surface area (Å²) in [6.45, 7) is 1.86. The van der Waals surface area contributed by atoms with E-state index in [0.29, 0.717) is 27.2 Å². The smallest absolute Gasteiger partial charge is 0.486 e. The molecule has 1 aliphatic heterocycles. The van der Waals surface area contributed by atoms with Crippen LogP contribution in [-0.4, -0.2) is 62.7 Å². The van der Waals surface area contributed by atoms with Gasteiger partial charge in [0.15, 0.2) is 5.75 Å². The average molecular weight is 549 g/mol. The van der Waals surface area contributed by atoms with Crippen LogP contribution in [0.25, 0.3) is 26.8 Å². The van der Waals surface area contributed by atoms with Gasteiger partial charge in [-0.25, -0.2) is 0 Å². The topological polar surface area (TPSA) is 73.6 Å². The van der Waals surface area contributed by atoms with E-state index in [2.05, 4.69) is 20.4 Å². The van der Waals surface area contributed by atoms with Crippen molar-refractivity contribution in [1.82, 2.24) is 24.9 Å². The molecule has 0 amide bonds. The van der Waals surface area contributed by atoms with Crippen LogP contribution >= 0.6 is 11.3 Å². The number of piperidine rings is 1. The summed E-state index contributed by atoms with van der Waals surface area (Å²) in [7, 11) is 1.60. The molecular formula is C22H19AsF3N5O2S. The normalized spacial score (nSPS) is 15.1. The first-order valence-corrected chi connectivity index (χ1v) is 12.3. The van der Waals surface area contributed by atoms with Crippen LogP contribution in [0.5, 0.6) is 11.5 Å². The molecule has 1 N–H and O–H groups in total. The van der Waals surface area contributed by atoms with Crippen molar-refractivity contribution in [3.8, 4) is 33.3 Å². The Kier molecular flexibility index (Phi) is 6.26. The minimum absolute atomic E-state index is 0.133. The molecule has 0 spiro atoms. The minimum Gasteiger partial charge on any atom is -0.486 e. The van der Waals surface area contributed by atoms with Gasteiger partial charge < -0.3 is 14.8 Å². The summed E-state index contributed by atoms with van der Waals surface area (Å²) in [4.78, 5) is 8.89. The Labute approximate surface area is 205 Å². The van der Waals surface area contributed by atoms with Crippen LogP contribution in [0.4, 0.5) is 13.2 Å². The Morgan fingerprint density at radius 2 is 1.94 bits per heavy atom. The van der Waals surface area contributed by atoms with Crippen LogP contribution in [0.15, 0.2) is 36.7 Å². The molecular weight excluding hydrogens is 530 g/mol. The van der Waals surface area contributed by atoms with Crippen LogP contribution < -0.4 is 19.3 Å². The quantitative estimate of drug-likeness (QED) is 0.385. The molecule has 2 radical (unpaired) electrons. The number of pyridine rings is 1. The van der Waals surface area contributed by atoms with Crippen molar-refractivity contribution >= 4 is 37.6 Å². The monoisotopic (exact) mass is 549 g/mol. The molecule has 7 nitrogen and oxygen atoms in total. The first-order valence-electron chi connectivity index (χ1n) is 10.5. The second-order valence-electron chi connectivity index (χ2n) is 7.79. The Hall–Kier alpha value is -2.62. The molecule has 1 saturated heterocycles. The van der Waals surface area contributed by atoms with Gasteiger partial charge in [0.2, 0.25) is 0 Å². The van der Waals surface area contributed by atoms with Gasteiger partial charge in [-0.15, -0.1) is 0 Å². The Morgan fingerprint density at radius 3 is 2.65 bits per heavy atom. The molecule has 0 atom stereocenters. The fraction of sp³-hybridized carbons (Fsp3) is 0.318. The number of nitrogens with zero attached hydrogens (tertiary/aromatic N) is 4. The van der Waals surface area contributed by atoms with Crippen molar-refractivity contribution in [2.75, 3.05) is 20.2 Å². The second kappa shape index (κ2) is 9.20. The molecule has 0 bridgehead atoms. The number of methoxy groups -OCH3 is 1. The van der Waals surface area contributed by atoms with Gasteiger partial charge in [0.05, 0.1) is 7.11 Å². The van der Waals surface area contributed by atoms with Gasteiger partial charge in [-0.05, 0) is 25.9 Å². The molecule has 4 aromatic rings. The number of nitrogens with one attached hydrogen (secondary N) is 1. The van der Waals surface area contributed by atoms with Gasteiger partial charge in [0.25, 0.3) is 0 Å². The van der Waals surface area contributed by atoms with E-state index in [1.165, 1.54) is 17.5 Å². The van der Waals surface area contributed by atoms with Crippen LogP contribution in [0, 0.1) is 0 Å². The summed E-state index contributed by atoms with van der Waals surface area (Å²) in [5.41, 5.74) is 0.691. The maximum atomic E-state index is 13.2. The van der Waals surface area contributed by atoms with Crippen molar-refractivity contribution in [2.45, 2.75) is 25.1 Å². The first kappa shape index (κ1) is 23.1. The van der Waals surface area contributed by atoms with Gasteiger partial charge in [0.1, 0.15) is 6.10 Å². The number of alkyl halides is 3. The predicted octanol–water partition coefficient (Wildman–Crippen LogP) is 3.47. The zero-order valence-corrected chi connectivity index (χ0v) is 20.7. The number of ether oxygens (including phenoxy) is 2. The zero-order chi connectivity index (χ0) is 23.9. The van der Waals surface area contributed by atoms with Crippen molar-refractivity contribution < 1.29 is 22.6 Å². The molecule has 34 heavy (non-hydrogen) atoms. The minimum atomic E-state index is -4.49. The summed E-state index contributed by atoms with van der Waals surface area (Å²) >= 11 is 3.17. The van der Waals surface area contributed by atoms with E-state index in [-0.39, 0.29) is 16.1 Å². The zero-order valence-electron chi connectivity index (χ0n) is 18.0. The molecule has 0 aliphatic carbocycles. The first-order chi connectivity index (χ1) is 16.3. The van der Waals surface area contributed by atoms with Crippen molar-refractivity contribution in [3.63, 3.8) is 0 Å². The van der Waals surface area contributed by atoms with Gasteiger partial charge in [-0.3, -0.25) is 0 Å². The van der Waals surface area contributed by atoms with Gasteiger partial charge in [-0.2, -0.15) is 0 Å². The number of benzene rings is 1. The third-order valence-electron chi connectivity index (χ3n) is 5.50. The third kappa shape index (κ3) is 4.64. The molecule has 0 saturated carbocycles. The van der Waals surface area contributed by atoms with E-state index < -0.39 is 11.7 Å². The summed E-state index contributed by atoms with van der Waals surface area (Å²) in [6.07, 6.45) is 0.519. The summed E-state index contributed by atoms with van der Waals surface area (Å²) in [6, 6.07) is 6.71. The van der Waals surface area contributed by atoms with E-state index in [0.717, 1.165) is 37.6 Å². The SMILES string of the molecule is COc1cc(-c2nn3cc(-c4cnc([As])c(C(F)(F)F)c4)nc3s2)ccc1OC1CCNCC1. The van der Waals surface area contributed by atoms with E-state index in [1.807, 2.05) is 35.1 Å². The Bertz CT molecular complexity index is 1300. The number of imidazole rings is 1. The van der Waals surface area contributed by atoms with Crippen LogP contribution in [0.1, 0.15) is 18.4 Å². The van der Waals surface area contributed by atoms with E-state index in [4.69, 9.17) is 9.47 Å². The number of rotatable bonds is 5. The fourth-order valence-electron chi connectivity index (χ4n) is 3.75. The fourth-order valence-corrected chi connectivity index (χ4v) is 5.15.